The molecule has 2 aliphatic rings. The van der Waals surface area contributed by atoms with Crippen molar-refractivity contribution in [2.75, 3.05) is 26.8 Å². The summed E-state index contributed by atoms with van der Waals surface area (Å²) in [6, 6.07) is 0. The molecule has 0 unspecified atom stereocenters. The van der Waals surface area contributed by atoms with Crippen LogP contribution >= 0.6 is 0 Å². The number of likely N-dealkylation sites (tertiary alicyclic amines) is 1. The molecule has 3 rings (SSSR count). The van der Waals surface area contributed by atoms with Gasteiger partial charge in [-0.15, -0.1) is 0 Å². The molecular formula is C17H27N3O3. The molecule has 128 valence electrons. The fourth-order valence-corrected chi connectivity index (χ4v) is 3.85. The summed E-state index contributed by atoms with van der Waals surface area (Å²) in [5.74, 6) is 0.0850. The summed E-state index contributed by atoms with van der Waals surface area (Å²) in [4.78, 5) is 14.7. The van der Waals surface area contributed by atoms with Crippen molar-refractivity contribution in [1.82, 2.24) is 14.7 Å². The highest BCUT2D eigenvalue weighted by atomic mass is 16.5. The summed E-state index contributed by atoms with van der Waals surface area (Å²) in [7, 11) is 1.77. The van der Waals surface area contributed by atoms with E-state index in [0.717, 1.165) is 63.2 Å². The third-order valence-corrected chi connectivity index (χ3v) is 5.27. The van der Waals surface area contributed by atoms with E-state index in [0.29, 0.717) is 0 Å². The number of hydrogen-bond donors (Lipinski definition) is 0. The van der Waals surface area contributed by atoms with Crippen LogP contribution < -0.4 is 0 Å². The Morgan fingerprint density at radius 3 is 2.83 bits per heavy atom. The molecule has 1 amide bonds. The molecule has 0 saturated carbocycles. The highest BCUT2D eigenvalue weighted by Crippen LogP contribution is 2.37. The van der Waals surface area contributed by atoms with Crippen LogP contribution in [0, 0.1) is 6.92 Å². The molecule has 0 radical (unpaired) electrons. The van der Waals surface area contributed by atoms with Crippen molar-refractivity contribution in [3.63, 3.8) is 0 Å². The molecule has 1 atom stereocenters. The largest absolute Gasteiger partial charge is 0.378 e. The van der Waals surface area contributed by atoms with Gasteiger partial charge < -0.3 is 14.4 Å². The number of aromatic nitrogens is 2. The standard InChI is InChI=1S/C17H27N3O3/c1-4-20-12-14(13(2)18-20)16(21)19-9-7-17(8-10-19)15(22-3)6-5-11-23-17/h12,15H,4-11H2,1-3H3/t15-/m0/s1. The van der Waals surface area contributed by atoms with E-state index in [1.54, 1.807) is 7.11 Å². The molecule has 6 nitrogen and oxygen atoms in total. The maximum Gasteiger partial charge on any atom is 0.257 e. The molecular weight excluding hydrogens is 294 g/mol. The average molecular weight is 321 g/mol. The summed E-state index contributed by atoms with van der Waals surface area (Å²) in [6.45, 7) is 6.94. The molecule has 0 aromatic carbocycles. The van der Waals surface area contributed by atoms with E-state index < -0.39 is 0 Å². The first-order valence-corrected chi connectivity index (χ1v) is 8.59. The molecule has 1 aromatic heterocycles. The normalized spacial score (nSPS) is 24.1. The zero-order chi connectivity index (χ0) is 16.4. The number of carbonyl (C=O) groups is 1. The van der Waals surface area contributed by atoms with Crippen molar-refractivity contribution < 1.29 is 14.3 Å². The molecule has 2 aliphatic heterocycles. The second-order valence-electron chi connectivity index (χ2n) is 6.56. The van der Waals surface area contributed by atoms with Gasteiger partial charge >= 0.3 is 0 Å². The lowest BCUT2D eigenvalue weighted by molar-refractivity contribution is -0.183. The Bertz CT molecular complexity index is 561. The lowest BCUT2D eigenvalue weighted by atomic mass is 9.81. The molecule has 1 aromatic rings. The van der Waals surface area contributed by atoms with Gasteiger partial charge in [-0.2, -0.15) is 5.10 Å². The second kappa shape index (κ2) is 6.61. The van der Waals surface area contributed by atoms with E-state index in [1.807, 2.05) is 29.6 Å². The predicted octanol–water partition coefficient (Wildman–Crippen LogP) is 2.01. The third-order valence-electron chi connectivity index (χ3n) is 5.27. The van der Waals surface area contributed by atoms with Crippen LogP contribution in [0.4, 0.5) is 0 Å². The first kappa shape index (κ1) is 16.5. The zero-order valence-corrected chi connectivity index (χ0v) is 14.4. The SMILES string of the molecule is CCn1cc(C(=O)N2CCC3(CC2)OCCC[C@@H]3OC)c(C)n1. The Labute approximate surface area is 137 Å². The van der Waals surface area contributed by atoms with E-state index in [1.165, 1.54) is 0 Å². The molecule has 0 bridgehead atoms. The van der Waals surface area contributed by atoms with Gasteiger partial charge in [0.05, 0.1) is 23.0 Å². The summed E-state index contributed by atoms with van der Waals surface area (Å²) in [5, 5.41) is 4.38. The van der Waals surface area contributed by atoms with E-state index in [-0.39, 0.29) is 17.6 Å². The van der Waals surface area contributed by atoms with Crippen LogP contribution in [-0.4, -0.2) is 59.1 Å². The quantitative estimate of drug-likeness (QED) is 0.854. The molecule has 3 heterocycles. The number of nitrogens with zero attached hydrogens (tertiary/aromatic N) is 3. The maximum absolute atomic E-state index is 12.8. The predicted molar refractivity (Wildman–Crippen MR) is 86.5 cm³/mol. The van der Waals surface area contributed by atoms with Crippen molar-refractivity contribution in [3.8, 4) is 0 Å². The fourth-order valence-electron chi connectivity index (χ4n) is 3.85. The highest BCUT2D eigenvalue weighted by Gasteiger charge is 2.45. The van der Waals surface area contributed by atoms with Gasteiger partial charge in [0.1, 0.15) is 0 Å². The van der Waals surface area contributed by atoms with E-state index >= 15 is 0 Å². The minimum absolute atomic E-state index is 0.0850. The van der Waals surface area contributed by atoms with Gasteiger partial charge in [0.2, 0.25) is 0 Å². The van der Waals surface area contributed by atoms with Crippen molar-refractivity contribution in [2.45, 2.75) is 57.8 Å². The third kappa shape index (κ3) is 3.02. The Morgan fingerprint density at radius 2 is 2.22 bits per heavy atom. The highest BCUT2D eigenvalue weighted by molar-refractivity contribution is 5.95. The van der Waals surface area contributed by atoms with Gasteiger partial charge in [-0.3, -0.25) is 9.48 Å². The molecule has 0 aliphatic carbocycles. The van der Waals surface area contributed by atoms with Crippen LogP contribution in [-0.2, 0) is 16.0 Å². The van der Waals surface area contributed by atoms with E-state index in [9.17, 15) is 4.79 Å². The number of hydrogen-bond acceptors (Lipinski definition) is 4. The van der Waals surface area contributed by atoms with Crippen molar-refractivity contribution >= 4 is 5.91 Å². The average Bonchev–Trinajstić information content (AvgIpc) is 2.96. The Kier molecular flexibility index (Phi) is 4.73. The number of amides is 1. The van der Waals surface area contributed by atoms with E-state index in [2.05, 4.69) is 5.10 Å². The fraction of sp³-hybridized carbons (Fsp3) is 0.765. The van der Waals surface area contributed by atoms with Crippen molar-refractivity contribution in [2.24, 2.45) is 0 Å². The number of aryl methyl sites for hydroxylation is 2. The number of ether oxygens (including phenoxy) is 2. The number of methoxy groups -OCH3 is 1. The lowest BCUT2D eigenvalue weighted by Gasteiger charge is -2.48. The van der Waals surface area contributed by atoms with Crippen molar-refractivity contribution in [3.05, 3.63) is 17.5 Å². The number of piperidine rings is 1. The van der Waals surface area contributed by atoms with Gasteiger partial charge in [0.15, 0.2) is 0 Å². The van der Waals surface area contributed by atoms with Gasteiger partial charge in [0, 0.05) is 39.5 Å². The van der Waals surface area contributed by atoms with Crippen LogP contribution in [0.5, 0.6) is 0 Å². The van der Waals surface area contributed by atoms with Crippen molar-refractivity contribution in [1.29, 1.82) is 0 Å². The molecule has 2 saturated heterocycles. The van der Waals surface area contributed by atoms with Gasteiger partial charge in [-0.25, -0.2) is 0 Å². The van der Waals surface area contributed by atoms with Gasteiger partial charge in [-0.1, -0.05) is 0 Å². The summed E-state index contributed by atoms with van der Waals surface area (Å²) in [5.41, 5.74) is 1.32. The zero-order valence-electron chi connectivity index (χ0n) is 14.4. The lowest BCUT2D eigenvalue weighted by Crippen LogP contribution is -2.56. The minimum atomic E-state index is -0.202. The Morgan fingerprint density at radius 1 is 1.48 bits per heavy atom. The molecule has 23 heavy (non-hydrogen) atoms. The van der Waals surface area contributed by atoms with Crippen LogP contribution in [0.15, 0.2) is 6.20 Å². The molecule has 2 fully saturated rings. The van der Waals surface area contributed by atoms with Gasteiger partial charge in [0.25, 0.3) is 5.91 Å². The van der Waals surface area contributed by atoms with Crippen LogP contribution in [0.3, 0.4) is 0 Å². The topological polar surface area (TPSA) is 56.6 Å². The smallest absolute Gasteiger partial charge is 0.257 e. The molecule has 6 heteroatoms. The van der Waals surface area contributed by atoms with E-state index in [4.69, 9.17) is 9.47 Å². The first-order chi connectivity index (χ1) is 11.1. The summed E-state index contributed by atoms with van der Waals surface area (Å²) < 4.78 is 13.6. The van der Waals surface area contributed by atoms with Crippen LogP contribution in [0.2, 0.25) is 0 Å². The Balaban J connectivity index is 1.68. The Hall–Kier alpha value is -1.40. The number of rotatable bonds is 3. The first-order valence-electron chi connectivity index (χ1n) is 8.59. The van der Waals surface area contributed by atoms with Gasteiger partial charge in [-0.05, 0) is 39.5 Å². The van der Waals surface area contributed by atoms with Crippen LogP contribution in [0.1, 0.15) is 48.7 Å². The minimum Gasteiger partial charge on any atom is -0.378 e. The summed E-state index contributed by atoms with van der Waals surface area (Å²) in [6.07, 6.45) is 5.80. The monoisotopic (exact) mass is 321 g/mol. The molecule has 0 N–H and O–H groups in total. The summed E-state index contributed by atoms with van der Waals surface area (Å²) >= 11 is 0. The second-order valence-corrected chi connectivity index (χ2v) is 6.56. The maximum atomic E-state index is 12.8. The number of carbonyl (C=O) groups excluding carboxylic acids is 1. The molecule has 1 spiro atoms. The van der Waals surface area contributed by atoms with Crippen LogP contribution in [0.25, 0.3) is 0 Å².